The Balaban J connectivity index is 0.00000338. The molecule has 0 aliphatic rings. The van der Waals surface area contributed by atoms with Crippen molar-refractivity contribution in [2.75, 3.05) is 0 Å². The van der Waals surface area contributed by atoms with Crippen molar-refractivity contribution in [1.29, 1.82) is 0 Å². The summed E-state index contributed by atoms with van der Waals surface area (Å²) in [7, 11) is -15.2. The molecule has 2 aromatic rings. The van der Waals surface area contributed by atoms with Gasteiger partial charge in [-0.2, -0.15) is 25.3 Å². The number of benzene rings is 2. The van der Waals surface area contributed by atoms with E-state index in [0.29, 0.717) is 18.2 Å². The van der Waals surface area contributed by atoms with Crippen LogP contribution < -0.4 is 6.15 Å². The van der Waals surface area contributed by atoms with Gasteiger partial charge in [0.25, 0.3) is 36.0 Å². The quantitative estimate of drug-likeness (QED) is 0.297. The summed E-state index contributed by atoms with van der Waals surface area (Å²) >= 11 is 0. The van der Waals surface area contributed by atoms with Crippen molar-refractivity contribution >= 4 is 46.8 Å². The largest absolute Gasteiger partial charge is 0.344 e. The first-order valence-corrected chi connectivity index (χ1v) is 10.1. The smallest absolute Gasteiger partial charge is 0.295 e. The van der Waals surface area contributed by atoms with Crippen molar-refractivity contribution in [2.45, 2.75) is 14.7 Å². The SMILES string of the molecule is N.O=[N+]([O-])c1cc(S(=O)(=O)O)cc2cc(S(=O)(=O)O)cc(S(=O)(=O)O)c12. The first-order valence-electron chi connectivity index (χ1n) is 5.81. The number of non-ortho nitro benzene ring substituents is 1. The fraction of sp³-hybridized carbons (Fsp3) is 0. The van der Waals surface area contributed by atoms with Gasteiger partial charge >= 0.3 is 0 Å². The molecule has 0 aliphatic carbocycles. The lowest BCUT2D eigenvalue weighted by molar-refractivity contribution is -0.383. The lowest BCUT2D eigenvalue weighted by Crippen LogP contribution is -2.07. The Morgan fingerprint density at radius 2 is 1.19 bits per heavy atom. The zero-order valence-corrected chi connectivity index (χ0v) is 14.7. The minimum absolute atomic E-state index is 0. The molecule has 0 spiro atoms. The molecule has 0 saturated heterocycles. The summed E-state index contributed by atoms with van der Waals surface area (Å²) in [5.74, 6) is 0. The summed E-state index contributed by atoms with van der Waals surface area (Å²) in [6.07, 6.45) is 0. The van der Waals surface area contributed by atoms with Crippen LogP contribution in [-0.2, 0) is 30.4 Å². The van der Waals surface area contributed by atoms with E-state index in [9.17, 15) is 39.9 Å². The first kappa shape index (κ1) is 21.8. The third-order valence-corrected chi connectivity index (χ3v) is 5.55. The second kappa shape index (κ2) is 6.50. The van der Waals surface area contributed by atoms with Crippen LogP contribution in [0, 0.1) is 10.1 Å². The highest BCUT2D eigenvalue weighted by atomic mass is 32.2. The molecule has 13 nitrogen and oxygen atoms in total. The van der Waals surface area contributed by atoms with Gasteiger partial charge in [-0.3, -0.25) is 23.8 Å². The van der Waals surface area contributed by atoms with Crippen molar-refractivity contribution < 1.29 is 43.8 Å². The lowest BCUT2D eigenvalue weighted by Gasteiger charge is -2.09. The Bertz CT molecular complexity index is 1230. The molecule has 0 heterocycles. The van der Waals surface area contributed by atoms with Crippen LogP contribution in [0.2, 0.25) is 0 Å². The predicted octanol–water partition coefficient (Wildman–Crippen LogP) is 0.650. The van der Waals surface area contributed by atoms with Gasteiger partial charge in [0.05, 0.1) is 15.2 Å². The van der Waals surface area contributed by atoms with E-state index in [4.69, 9.17) is 9.11 Å². The average Bonchev–Trinajstić information content (AvgIpc) is 2.41. The second-order valence-electron chi connectivity index (χ2n) is 4.64. The minimum atomic E-state index is -5.21. The summed E-state index contributed by atoms with van der Waals surface area (Å²) < 4.78 is 95.1. The van der Waals surface area contributed by atoms with E-state index in [1.807, 2.05) is 0 Å². The molecule has 26 heavy (non-hydrogen) atoms. The van der Waals surface area contributed by atoms with Crippen LogP contribution in [0.5, 0.6) is 0 Å². The number of hydrogen-bond acceptors (Lipinski definition) is 9. The number of hydrogen-bond donors (Lipinski definition) is 4. The Labute approximate surface area is 146 Å². The number of nitrogens with zero attached hydrogens (tertiary/aromatic N) is 1. The zero-order valence-electron chi connectivity index (χ0n) is 12.3. The average molecular weight is 430 g/mol. The maximum atomic E-state index is 11.5. The fourth-order valence-corrected chi connectivity index (χ4v) is 3.96. The van der Waals surface area contributed by atoms with E-state index in [1.165, 1.54) is 0 Å². The van der Waals surface area contributed by atoms with Crippen LogP contribution in [0.15, 0.2) is 39.0 Å². The van der Waals surface area contributed by atoms with E-state index >= 15 is 0 Å². The zero-order chi connectivity index (χ0) is 19.4. The van der Waals surface area contributed by atoms with Gasteiger partial charge in [-0.25, -0.2) is 0 Å². The third-order valence-electron chi connectivity index (χ3n) is 3.01. The van der Waals surface area contributed by atoms with Gasteiger partial charge < -0.3 is 6.15 Å². The van der Waals surface area contributed by atoms with Gasteiger partial charge in [0, 0.05) is 6.07 Å². The van der Waals surface area contributed by atoms with E-state index < -0.39 is 66.4 Å². The summed E-state index contributed by atoms with van der Waals surface area (Å²) in [6.45, 7) is 0. The Morgan fingerprint density at radius 1 is 0.769 bits per heavy atom. The number of nitro benzene ring substituents is 1. The fourth-order valence-electron chi connectivity index (χ4n) is 2.05. The summed E-state index contributed by atoms with van der Waals surface area (Å²) in [5, 5.41) is 9.68. The molecule has 0 fully saturated rings. The molecule has 144 valence electrons. The summed E-state index contributed by atoms with van der Waals surface area (Å²) in [6, 6.07) is 1.69. The first-order chi connectivity index (χ1) is 11.1. The monoisotopic (exact) mass is 430 g/mol. The van der Waals surface area contributed by atoms with Crippen molar-refractivity contribution in [2.24, 2.45) is 0 Å². The normalized spacial score (nSPS) is 12.6. The topological polar surface area (TPSA) is 241 Å². The minimum Gasteiger partial charge on any atom is -0.344 e. The summed E-state index contributed by atoms with van der Waals surface area (Å²) in [5.41, 5.74) is -1.14. The van der Waals surface area contributed by atoms with Crippen LogP contribution in [0.4, 0.5) is 5.69 Å². The van der Waals surface area contributed by atoms with E-state index in [-0.39, 0.29) is 12.2 Å². The number of fused-ring (bicyclic) bond motifs is 1. The van der Waals surface area contributed by atoms with Gasteiger partial charge in [-0.05, 0) is 23.6 Å². The molecule has 0 aromatic heterocycles. The standard InChI is InChI=1S/C10H7NO11S3.H3N/c12-11(13)8-3-6(23(14,15)16)1-5-2-7(24(17,18)19)4-9(10(5)8)25(20,21)22;/h1-4H,(H,14,15,16)(H,17,18,19)(H,20,21,22);1H3. The molecule has 6 N–H and O–H groups in total. The molecule has 2 rings (SSSR count). The molecule has 0 unspecified atom stereocenters. The molecular weight excluding hydrogens is 420 g/mol. The van der Waals surface area contributed by atoms with Gasteiger partial charge in [0.1, 0.15) is 9.79 Å². The molecule has 0 saturated carbocycles. The lowest BCUT2D eigenvalue weighted by atomic mass is 10.1. The maximum absolute atomic E-state index is 11.5. The van der Waals surface area contributed by atoms with Crippen LogP contribution in [0.25, 0.3) is 10.8 Å². The van der Waals surface area contributed by atoms with Gasteiger partial charge in [0.15, 0.2) is 0 Å². The molecule has 0 radical (unpaired) electrons. The highest BCUT2D eigenvalue weighted by Crippen LogP contribution is 2.36. The van der Waals surface area contributed by atoms with E-state index in [0.717, 1.165) is 0 Å². The number of nitro groups is 1. The van der Waals surface area contributed by atoms with Crippen molar-refractivity contribution in [3.05, 3.63) is 34.4 Å². The van der Waals surface area contributed by atoms with Gasteiger partial charge in [0.2, 0.25) is 0 Å². The maximum Gasteiger partial charge on any atom is 0.295 e. The van der Waals surface area contributed by atoms with Crippen LogP contribution in [0.1, 0.15) is 0 Å². The van der Waals surface area contributed by atoms with Gasteiger partial charge in [-0.15, -0.1) is 0 Å². The van der Waals surface area contributed by atoms with Crippen LogP contribution in [-0.4, -0.2) is 43.8 Å². The molecule has 0 bridgehead atoms. The molecule has 16 heteroatoms. The Hall–Kier alpha value is -2.21. The van der Waals surface area contributed by atoms with Crippen molar-refractivity contribution in [1.82, 2.24) is 6.15 Å². The Morgan fingerprint density at radius 3 is 1.54 bits per heavy atom. The highest BCUT2D eigenvalue weighted by Gasteiger charge is 2.28. The molecule has 0 atom stereocenters. The second-order valence-corrected chi connectivity index (χ2v) is 8.88. The predicted molar refractivity (Wildman–Crippen MR) is 85.1 cm³/mol. The third kappa shape index (κ3) is 4.12. The molecule has 0 aliphatic heterocycles. The van der Waals surface area contributed by atoms with Crippen LogP contribution in [0.3, 0.4) is 0 Å². The molecule has 0 amide bonds. The van der Waals surface area contributed by atoms with E-state index in [2.05, 4.69) is 0 Å². The molecule has 2 aromatic carbocycles. The van der Waals surface area contributed by atoms with E-state index in [1.54, 1.807) is 0 Å². The van der Waals surface area contributed by atoms with Crippen molar-refractivity contribution in [3.63, 3.8) is 0 Å². The summed E-state index contributed by atoms with van der Waals surface area (Å²) in [4.78, 5) is 6.60. The van der Waals surface area contributed by atoms with Crippen LogP contribution >= 0.6 is 0 Å². The molecular formula is C10H10N2O11S3. The number of rotatable bonds is 4. The van der Waals surface area contributed by atoms with Gasteiger partial charge in [-0.1, -0.05) is 0 Å². The highest BCUT2D eigenvalue weighted by molar-refractivity contribution is 7.87. The Kier molecular flexibility index (Phi) is 5.46. The van der Waals surface area contributed by atoms with Crippen molar-refractivity contribution in [3.8, 4) is 0 Å².